The summed E-state index contributed by atoms with van der Waals surface area (Å²) in [6.45, 7) is 0. The SMILES string of the molecule is O=S(=O)(O)OC(F)=CCC(F)(F)F. The fourth-order valence-corrected chi connectivity index (χ4v) is 0.600. The molecule has 0 aromatic rings. The van der Waals surface area contributed by atoms with E-state index in [1.54, 1.807) is 0 Å². The molecule has 0 heterocycles. The third-order valence-electron chi connectivity index (χ3n) is 0.679. The predicted molar refractivity (Wildman–Crippen MR) is 32.5 cm³/mol. The molecule has 1 N–H and O–H groups in total. The van der Waals surface area contributed by atoms with Gasteiger partial charge in [0.2, 0.25) is 0 Å². The highest BCUT2D eigenvalue weighted by atomic mass is 32.3. The molecule has 0 spiro atoms. The van der Waals surface area contributed by atoms with E-state index < -0.39 is 29.0 Å². The number of alkyl halides is 3. The van der Waals surface area contributed by atoms with Crippen molar-refractivity contribution < 1.29 is 34.7 Å². The number of rotatable bonds is 3. The maximum Gasteiger partial charge on any atom is 0.448 e. The van der Waals surface area contributed by atoms with Crippen LogP contribution >= 0.6 is 0 Å². The number of halogens is 4. The van der Waals surface area contributed by atoms with Crippen molar-refractivity contribution in [2.45, 2.75) is 12.6 Å². The third-order valence-corrected chi connectivity index (χ3v) is 1.05. The van der Waals surface area contributed by atoms with Crippen LogP contribution < -0.4 is 0 Å². The Morgan fingerprint density at radius 2 is 1.92 bits per heavy atom. The van der Waals surface area contributed by atoms with Crippen LogP contribution in [0.4, 0.5) is 17.6 Å². The van der Waals surface area contributed by atoms with Gasteiger partial charge in [-0.15, -0.1) is 0 Å². The molecular weight excluding hydrogens is 220 g/mol. The van der Waals surface area contributed by atoms with Crippen LogP contribution in [0.25, 0.3) is 0 Å². The van der Waals surface area contributed by atoms with E-state index in [2.05, 4.69) is 4.18 Å². The number of hydrogen-bond acceptors (Lipinski definition) is 3. The van der Waals surface area contributed by atoms with Crippen LogP contribution in [0.3, 0.4) is 0 Å². The Kier molecular flexibility index (Phi) is 3.67. The Hall–Kier alpha value is -0.830. The molecule has 0 amide bonds. The molecule has 0 aliphatic heterocycles. The van der Waals surface area contributed by atoms with Gasteiger partial charge in [-0.3, -0.25) is 4.55 Å². The van der Waals surface area contributed by atoms with Gasteiger partial charge in [-0.2, -0.15) is 26.0 Å². The maximum absolute atomic E-state index is 12.0. The van der Waals surface area contributed by atoms with Crippen LogP contribution in [0.15, 0.2) is 12.1 Å². The highest BCUT2D eigenvalue weighted by Gasteiger charge is 2.26. The first kappa shape index (κ1) is 12.2. The van der Waals surface area contributed by atoms with Crippen LogP contribution in [-0.4, -0.2) is 19.1 Å². The lowest BCUT2D eigenvalue weighted by Gasteiger charge is -2.01. The molecule has 0 aromatic heterocycles. The predicted octanol–water partition coefficient (Wildman–Crippen LogP) is 1.57. The standard InChI is InChI=1S/C4H4F4O4S/c5-3(12-13(9,10)11)1-2-4(6,7)8/h1H,2H2,(H,9,10,11). The normalized spacial score (nSPS) is 14.4. The molecular formula is C4H4F4O4S. The van der Waals surface area contributed by atoms with Gasteiger partial charge in [-0.1, -0.05) is 0 Å². The van der Waals surface area contributed by atoms with E-state index in [0.717, 1.165) is 0 Å². The Morgan fingerprint density at radius 3 is 2.23 bits per heavy atom. The third kappa shape index (κ3) is 9.08. The number of allylic oxidation sites excluding steroid dienone is 1. The molecule has 0 aromatic carbocycles. The summed E-state index contributed by atoms with van der Waals surface area (Å²) in [6, 6.07) is -2.03. The fourth-order valence-electron chi connectivity index (χ4n) is 0.331. The minimum Gasteiger partial charge on any atom is -0.332 e. The van der Waals surface area contributed by atoms with Gasteiger partial charge in [0.05, 0.1) is 6.42 Å². The molecule has 9 heteroatoms. The summed E-state index contributed by atoms with van der Waals surface area (Å²) in [5.74, 6) is 0. The average Bonchev–Trinajstić information content (AvgIpc) is 1.78. The molecule has 0 aliphatic carbocycles. The van der Waals surface area contributed by atoms with Gasteiger partial charge in [-0.05, 0) is 6.08 Å². The highest BCUT2D eigenvalue weighted by molar-refractivity contribution is 7.81. The van der Waals surface area contributed by atoms with Crippen LogP contribution in [0.1, 0.15) is 6.42 Å². The largest absolute Gasteiger partial charge is 0.448 e. The van der Waals surface area contributed by atoms with E-state index >= 15 is 0 Å². The molecule has 0 unspecified atom stereocenters. The Morgan fingerprint density at radius 1 is 1.46 bits per heavy atom. The monoisotopic (exact) mass is 224 g/mol. The van der Waals surface area contributed by atoms with Crippen LogP contribution in [0.5, 0.6) is 0 Å². The summed E-state index contributed by atoms with van der Waals surface area (Å²) in [5.41, 5.74) is 0. The first-order valence-electron chi connectivity index (χ1n) is 2.69. The lowest BCUT2D eigenvalue weighted by atomic mass is 10.4. The van der Waals surface area contributed by atoms with Crippen molar-refractivity contribution in [3.8, 4) is 0 Å². The van der Waals surface area contributed by atoms with Gasteiger partial charge >= 0.3 is 16.6 Å². The lowest BCUT2D eigenvalue weighted by Crippen LogP contribution is -2.06. The van der Waals surface area contributed by atoms with Crippen molar-refractivity contribution >= 4 is 10.4 Å². The maximum atomic E-state index is 12.0. The zero-order valence-electron chi connectivity index (χ0n) is 5.88. The first-order chi connectivity index (χ1) is 5.60. The van der Waals surface area contributed by atoms with Crippen molar-refractivity contribution in [1.82, 2.24) is 0 Å². The summed E-state index contributed by atoms with van der Waals surface area (Å²) in [4.78, 5) is 0. The fraction of sp³-hybridized carbons (Fsp3) is 0.500. The zero-order chi connectivity index (χ0) is 10.7. The van der Waals surface area contributed by atoms with E-state index in [9.17, 15) is 26.0 Å². The Bertz CT molecular complexity index is 290. The van der Waals surface area contributed by atoms with Crippen molar-refractivity contribution in [1.29, 1.82) is 0 Å². The van der Waals surface area contributed by atoms with Crippen molar-refractivity contribution in [3.05, 3.63) is 12.1 Å². The first-order valence-corrected chi connectivity index (χ1v) is 4.06. The molecule has 0 rings (SSSR count). The van der Waals surface area contributed by atoms with Crippen molar-refractivity contribution in [2.75, 3.05) is 0 Å². The minimum atomic E-state index is -5.10. The van der Waals surface area contributed by atoms with Gasteiger partial charge in [0, 0.05) is 0 Å². The van der Waals surface area contributed by atoms with Gasteiger partial charge in [0.25, 0.3) is 6.01 Å². The van der Waals surface area contributed by atoms with Gasteiger partial charge in [0.15, 0.2) is 0 Å². The second-order valence-electron chi connectivity index (χ2n) is 1.84. The molecule has 78 valence electrons. The van der Waals surface area contributed by atoms with E-state index in [0.29, 0.717) is 0 Å². The molecule has 0 fully saturated rings. The molecule has 0 saturated heterocycles. The molecule has 13 heavy (non-hydrogen) atoms. The Balaban J connectivity index is 4.21. The summed E-state index contributed by atoms with van der Waals surface area (Å²) < 4.78 is 76.5. The smallest absolute Gasteiger partial charge is 0.332 e. The van der Waals surface area contributed by atoms with Gasteiger partial charge in [0.1, 0.15) is 0 Å². The van der Waals surface area contributed by atoms with Gasteiger partial charge in [-0.25, -0.2) is 0 Å². The van der Waals surface area contributed by atoms with E-state index in [4.69, 9.17) is 4.55 Å². The highest BCUT2D eigenvalue weighted by Crippen LogP contribution is 2.21. The summed E-state index contributed by atoms with van der Waals surface area (Å²) in [6.07, 6.45) is -6.51. The molecule has 0 aliphatic rings. The molecule has 0 atom stereocenters. The van der Waals surface area contributed by atoms with Crippen molar-refractivity contribution in [3.63, 3.8) is 0 Å². The van der Waals surface area contributed by atoms with E-state index in [1.807, 2.05) is 0 Å². The van der Waals surface area contributed by atoms with Crippen molar-refractivity contribution in [2.24, 2.45) is 0 Å². The molecule has 0 bridgehead atoms. The molecule has 4 nitrogen and oxygen atoms in total. The summed E-state index contributed by atoms with van der Waals surface area (Å²) in [7, 11) is -5.10. The average molecular weight is 224 g/mol. The minimum absolute atomic E-state index is 0.159. The van der Waals surface area contributed by atoms with Gasteiger partial charge < -0.3 is 4.18 Å². The summed E-state index contributed by atoms with van der Waals surface area (Å²) >= 11 is 0. The second-order valence-corrected chi connectivity index (χ2v) is 2.86. The zero-order valence-corrected chi connectivity index (χ0v) is 6.69. The number of hydrogen-bond donors (Lipinski definition) is 1. The van der Waals surface area contributed by atoms with Crippen LogP contribution in [-0.2, 0) is 14.6 Å². The second kappa shape index (κ2) is 3.92. The van der Waals surface area contributed by atoms with E-state index in [-0.39, 0.29) is 6.08 Å². The lowest BCUT2D eigenvalue weighted by molar-refractivity contribution is -0.125. The molecule has 0 saturated carbocycles. The van der Waals surface area contributed by atoms with E-state index in [1.165, 1.54) is 0 Å². The quantitative estimate of drug-likeness (QED) is 0.449. The van der Waals surface area contributed by atoms with Crippen LogP contribution in [0.2, 0.25) is 0 Å². The Labute approximate surface area is 70.8 Å². The topological polar surface area (TPSA) is 63.6 Å². The molecule has 0 radical (unpaired) electrons. The summed E-state index contributed by atoms with van der Waals surface area (Å²) in [5, 5.41) is 0. The van der Waals surface area contributed by atoms with Crippen LogP contribution in [0, 0.1) is 0 Å².